The molecule has 86 valence electrons. The number of aliphatic hydroxyl groups is 1. The maximum atomic E-state index is 10.2. The number of hydrogen-bond acceptors (Lipinski definition) is 3. The van der Waals surface area contributed by atoms with Crippen molar-refractivity contribution in [1.82, 2.24) is 19.6 Å². The molecule has 2 rings (SSSR count). The van der Waals surface area contributed by atoms with Gasteiger partial charge in [-0.2, -0.15) is 10.2 Å². The summed E-state index contributed by atoms with van der Waals surface area (Å²) in [6.45, 7) is 2.89. The third-order valence-corrected chi connectivity index (χ3v) is 2.48. The monoisotopic (exact) mass is 220 g/mol. The molecule has 5 nitrogen and oxygen atoms in total. The quantitative estimate of drug-likeness (QED) is 0.839. The molecule has 2 aromatic rings. The fourth-order valence-electron chi connectivity index (χ4n) is 1.70. The zero-order chi connectivity index (χ0) is 11.5. The first-order chi connectivity index (χ1) is 7.72. The Balaban J connectivity index is 2.26. The first kappa shape index (κ1) is 10.9. The summed E-state index contributed by atoms with van der Waals surface area (Å²) in [7, 11) is 1.83. The van der Waals surface area contributed by atoms with E-state index < -0.39 is 6.10 Å². The summed E-state index contributed by atoms with van der Waals surface area (Å²) in [5, 5.41) is 18.5. The Labute approximate surface area is 94.3 Å². The van der Waals surface area contributed by atoms with E-state index in [0.717, 1.165) is 18.7 Å². The molecule has 0 saturated carbocycles. The lowest BCUT2D eigenvalue weighted by Crippen LogP contribution is -2.10. The van der Waals surface area contributed by atoms with Crippen molar-refractivity contribution in [2.75, 3.05) is 0 Å². The Morgan fingerprint density at radius 1 is 1.44 bits per heavy atom. The van der Waals surface area contributed by atoms with E-state index in [9.17, 15) is 5.11 Å². The molecule has 2 heterocycles. The van der Waals surface area contributed by atoms with Crippen LogP contribution < -0.4 is 0 Å². The van der Waals surface area contributed by atoms with Crippen LogP contribution in [0.2, 0.25) is 0 Å². The van der Waals surface area contributed by atoms with Crippen molar-refractivity contribution in [3.8, 4) is 0 Å². The normalized spacial score (nSPS) is 12.9. The number of nitrogens with zero attached hydrogens (tertiary/aromatic N) is 4. The summed E-state index contributed by atoms with van der Waals surface area (Å²) in [5.74, 6) is 0. The van der Waals surface area contributed by atoms with Crippen LogP contribution in [0.5, 0.6) is 0 Å². The first-order valence-electron chi connectivity index (χ1n) is 5.41. The number of hydrogen-bond donors (Lipinski definition) is 1. The zero-order valence-electron chi connectivity index (χ0n) is 9.54. The van der Waals surface area contributed by atoms with E-state index in [1.807, 2.05) is 30.1 Å². The molecule has 16 heavy (non-hydrogen) atoms. The van der Waals surface area contributed by atoms with Gasteiger partial charge in [-0.25, -0.2) is 0 Å². The summed E-state index contributed by atoms with van der Waals surface area (Å²) < 4.78 is 3.50. The summed E-state index contributed by atoms with van der Waals surface area (Å²) in [6, 6.07) is 3.64. The average molecular weight is 220 g/mol. The molecule has 0 aliphatic rings. The van der Waals surface area contributed by atoms with Gasteiger partial charge in [0.2, 0.25) is 0 Å². The number of aromatic nitrogens is 4. The second-order valence-electron chi connectivity index (χ2n) is 3.80. The third kappa shape index (κ3) is 1.99. The van der Waals surface area contributed by atoms with Crippen LogP contribution in [-0.2, 0) is 13.6 Å². The zero-order valence-corrected chi connectivity index (χ0v) is 9.54. The van der Waals surface area contributed by atoms with Gasteiger partial charge in [0, 0.05) is 26.0 Å². The van der Waals surface area contributed by atoms with Crippen LogP contribution in [0.1, 0.15) is 30.8 Å². The molecule has 0 amide bonds. The van der Waals surface area contributed by atoms with Gasteiger partial charge in [-0.15, -0.1) is 0 Å². The van der Waals surface area contributed by atoms with Crippen molar-refractivity contribution >= 4 is 0 Å². The molecule has 0 bridgehead atoms. The topological polar surface area (TPSA) is 55.9 Å². The summed E-state index contributed by atoms with van der Waals surface area (Å²) in [5.41, 5.74) is 1.45. The highest BCUT2D eigenvalue weighted by Crippen LogP contribution is 2.19. The number of aryl methyl sites for hydroxylation is 2. The van der Waals surface area contributed by atoms with Gasteiger partial charge in [-0.1, -0.05) is 6.92 Å². The molecule has 0 aliphatic carbocycles. The number of aliphatic hydroxyl groups excluding tert-OH is 1. The summed E-state index contributed by atoms with van der Waals surface area (Å²) in [6.07, 6.45) is 3.81. The van der Waals surface area contributed by atoms with E-state index in [4.69, 9.17) is 0 Å². The van der Waals surface area contributed by atoms with Gasteiger partial charge in [-0.3, -0.25) is 9.36 Å². The van der Waals surface area contributed by atoms with Crippen LogP contribution in [0.3, 0.4) is 0 Å². The molecular weight excluding hydrogens is 204 g/mol. The molecular formula is C11H16N4O. The molecule has 1 unspecified atom stereocenters. The lowest BCUT2D eigenvalue weighted by molar-refractivity contribution is 0.201. The van der Waals surface area contributed by atoms with E-state index >= 15 is 0 Å². The van der Waals surface area contributed by atoms with Crippen molar-refractivity contribution in [2.45, 2.75) is 26.0 Å². The minimum absolute atomic E-state index is 0.653. The smallest absolute Gasteiger partial charge is 0.139 e. The lowest BCUT2D eigenvalue weighted by atomic mass is 10.2. The molecule has 0 fully saturated rings. The molecule has 0 aromatic carbocycles. The maximum Gasteiger partial charge on any atom is 0.139 e. The first-order valence-corrected chi connectivity index (χ1v) is 5.41. The fourth-order valence-corrected chi connectivity index (χ4v) is 1.70. The van der Waals surface area contributed by atoms with Gasteiger partial charge >= 0.3 is 0 Å². The Hall–Kier alpha value is -1.62. The largest absolute Gasteiger partial charge is 0.380 e. The van der Waals surface area contributed by atoms with Crippen LogP contribution >= 0.6 is 0 Å². The molecule has 0 spiro atoms. The second-order valence-corrected chi connectivity index (χ2v) is 3.80. The minimum atomic E-state index is -0.699. The van der Waals surface area contributed by atoms with E-state index in [1.54, 1.807) is 10.9 Å². The molecule has 0 saturated heterocycles. The average Bonchev–Trinajstić information content (AvgIpc) is 2.87. The molecule has 2 aromatic heterocycles. The molecule has 0 aliphatic heterocycles. The summed E-state index contributed by atoms with van der Waals surface area (Å²) >= 11 is 0. The van der Waals surface area contributed by atoms with Gasteiger partial charge in [0.15, 0.2) is 0 Å². The standard InChI is InChI=1S/C11H16N4O/c1-3-7-15-10(4-6-12-15)11(16)9-5-8-14(2)13-9/h4-6,8,11,16H,3,7H2,1-2H3. The molecule has 5 heteroatoms. The highest BCUT2D eigenvalue weighted by Gasteiger charge is 2.17. The minimum Gasteiger partial charge on any atom is -0.380 e. The summed E-state index contributed by atoms with van der Waals surface area (Å²) in [4.78, 5) is 0. The van der Waals surface area contributed by atoms with Gasteiger partial charge in [0.25, 0.3) is 0 Å². The van der Waals surface area contributed by atoms with Gasteiger partial charge in [0.05, 0.1) is 11.4 Å². The predicted octanol–water partition coefficient (Wildman–Crippen LogP) is 1.11. The van der Waals surface area contributed by atoms with Crippen LogP contribution in [0.25, 0.3) is 0 Å². The van der Waals surface area contributed by atoms with E-state index in [-0.39, 0.29) is 0 Å². The Morgan fingerprint density at radius 2 is 2.25 bits per heavy atom. The van der Waals surface area contributed by atoms with Crippen molar-refractivity contribution < 1.29 is 5.11 Å². The second kappa shape index (κ2) is 4.49. The van der Waals surface area contributed by atoms with Crippen LogP contribution in [0.4, 0.5) is 0 Å². The van der Waals surface area contributed by atoms with Crippen molar-refractivity contribution in [3.63, 3.8) is 0 Å². The fraction of sp³-hybridized carbons (Fsp3) is 0.455. The molecule has 1 N–H and O–H groups in total. The third-order valence-electron chi connectivity index (χ3n) is 2.48. The molecule has 0 radical (unpaired) electrons. The Bertz CT molecular complexity index is 460. The van der Waals surface area contributed by atoms with E-state index in [1.165, 1.54) is 0 Å². The van der Waals surface area contributed by atoms with Gasteiger partial charge in [-0.05, 0) is 18.6 Å². The van der Waals surface area contributed by atoms with Gasteiger partial charge in [0.1, 0.15) is 6.10 Å². The lowest BCUT2D eigenvalue weighted by Gasteiger charge is -2.10. The van der Waals surface area contributed by atoms with E-state index in [2.05, 4.69) is 17.1 Å². The van der Waals surface area contributed by atoms with Crippen LogP contribution in [0, 0.1) is 0 Å². The predicted molar refractivity (Wildman–Crippen MR) is 59.8 cm³/mol. The highest BCUT2D eigenvalue weighted by molar-refractivity contribution is 5.17. The van der Waals surface area contributed by atoms with Crippen molar-refractivity contribution in [2.24, 2.45) is 7.05 Å². The van der Waals surface area contributed by atoms with Crippen molar-refractivity contribution in [1.29, 1.82) is 0 Å². The maximum absolute atomic E-state index is 10.2. The van der Waals surface area contributed by atoms with Crippen molar-refractivity contribution in [3.05, 3.63) is 35.9 Å². The van der Waals surface area contributed by atoms with Crippen LogP contribution in [0.15, 0.2) is 24.5 Å². The Kier molecular flexibility index (Phi) is 3.05. The van der Waals surface area contributed by atoms with Gasteiger partial charge < -0.3 is 5.11 Å². The van der Waals surface area contributed by atoms with E-state index in [0.29, 0.717) is 5.69 Å². The Morgan fingerprint density at radius 3 is 2.88 bits per heavy atom. The molecule has 1 atom stereocenters. The van der Waals surface area contributed by atoms with Crippen LogP contribution in [-0.4, -0.2) is 24.7 Å². The SMILES string of the molecule is CCCn1nccc1C(O)c1ccn(C)n1. The highest BCUT2D eigenvalue weighted by atomic mass is 16.3. The number of rotatable bonds is 4.